The number of aliphatic hydroxyl groups excluding tert-OH is 2. The van der Waals surface area contributed by atoms with Crippen LogP contribution in [0.2, 0.25) is 0 Å². The van der Waals surface area contributed by atoms with Crippen molar-refractivity contribution in [2.45, 2.75) is 25.5 Å². The fourth-order valence-corrected chi connectivity index (χ4v) is 0.610. The summed E-state index contributed by atoms with van der Waals surface area (Å²) in [4.78, 5) is 11.3. The van der Waals surface area contributed by atoms with Crippen molar-refractivity contribution < 1.29 is 15.0 Å². The predicted molar refractivity (Wildman–Crippen MR) is 49.2 cm³/mol. The van der Waals surface area contributed by atoms with E-state index in [0.29, 0.717) is 0 Å². The molecule has 1 unspecified atom stereocenters. The van der Waals surface area contributed by atoms with Crippen molar-refractivity contribution in [3.63, 3.8) is 0 Å². The minimum atomic E-state index is -0.892. The molecule has 1 atom stereocenters. The second kappa shape index (κ2) is 5.16. The van der Waals surface area contributed by atoms with Crippen LogP contribution < -0.4 is 10.6 Å². The number of likely N-dealkylation sites (N-methyl/N-ethyl adjacent to an activating group) is 1. The molecular formula is C8H18N2O3. The van der Waals surface area contributed by atoms with Crippen molar-refractivity contribution in [3.8, 4) is 0 Å². The van der Waals surface area contributed by atoms with Gasteiger partial charge in [-0.05, 0) is 20.9 Å². The van der Waals surface area contributed by atoms with Gasteiger partial charge in [-0.15, -0.1) is 0 Å². The van der Waals surface area contributed by atoms with E-state index >= 15 is 0 Å². The van der Waals surface area contributed by atoms with Crippen LogP contribution >= 0.6 is 0 Å². The smallest absolute Gasteiger partial charge is 0.239 e. The van der Waals surface area contributed by atoms with Gasteiger partial charge in [0.2, 0.25) is 5.91 Å². The van der Waals surface area contributed by atoms with Crippen LogP contribution in [0.25, 0.3) is 0 Å². The molecule has 78 valence electrons. The van der Waals surface area contributed by atoms with E-state index in [2.05, 4.69) is 10.6 Å². The summed E-state index contributed by atoms with van der Waals surface area (Å²) in [6.45, 7) is 3.18. The molecule has 1 amide bonds. The van der Waals surface area contributed by atoms with Crippen LogP contribution in [0.15, 0.2) is 0 Å². The Labute approximate surface area is 78.1 Å². The molecule has 0 radical (unpaired) electrons. The van der Waals surface area contributed by atoms with Gasteiger partial charge in [-0.3, -0.25) is 4.79 Å². The third-order valence-corrected chi connectivity index (χ3v) is 1.90. The molecule has 0 aliphatic heterocycles. The second-order valence-corrected chi connectivity index (χ2v) is 3.42. The summed E-state index contributed by atoms with van der Waals surface area (Å²) in [6, 6.07) is 0. The van der Waals surface area contributed by atoms with Gasteiger partial charge >= 0.3 is 0 Å². The molecule has 0 aromatic rings. The predicted octanol–water partition coefficient (Wildman–Crippen LogP) is -1.55. The van der Waals surface area contributed by atoms with Crippen LogP contribution in [0.3, 0.4) is 0 Å². The number of amides is 1. The average molecular weight is 190 g/mol. The summed E-state index contributed by atoms with van der Waals surface area (Å²) in [6.07, 6.45) is -0.892. The summed E-state index contributed by atoms with van der Waals surface area (Å²) >= 11 is 0. The van der Waals surface area contributed by atoms with E-state index in [0.717, 1.165) is 0 Å². The van der Waals surface area contributed by atoms with Crippen LogP contribution in [0.4, 0.5) is 0 Å². The largest absolute Gasteiger partial charge is 0.394 e. The Morgan fingerprint density at radius 1 is 1.54 bits per heavy atom. The normalized spacial score (nSPS) is 13.9. The maximum Gasteiger partial charge on any atom is 0.239 e. The lowest BCUT2D eigenvalue weighted by Crippen LogP contribution is -2.52. The van der Waals surface area contributed by atoms with Crippen LogP contribution in [0.5, 0.6) is 0 Å². The second-order valence-electron chi connectivity index (χ2n) is 3.42. The minimum absolute atomic E-state index is 0.0699. The average Bonchev–Trinajstić information content (AvgIpc) is 2.13. The Bertz CT molecular complexity index is 171. The molecule has 0 spiro atoms. The summed E-state index contributed by atoms with van der Waals surface area (Å²) in [7, 11) is 1.68. The summed E-state index contributed by atoms with van der Waals surface area (Å²) in [5.41, 5.74) is -0.658. The van der Waals surface area contributed by atoms with Crippen LogP contribution in [0, 0.1) is 0 Å². The van der Waals surface area contributed by atoms with E-state index in [1.54, 1.807) is 20.9 Å². The van der Waals surface area contributed by atoms with E-state index in [9.17, 15) is 4.79 Å². The third kappa shape index (κ3) is 4.21. The number of nitrogens with one attached hydrogen (secondary N) is 2. The summed E-state index contributed by atoms with van der Waals surface area (Å²) in [5, 5.41) is 22.8. The summed E-state index contributed by atoms with van der Waals surface area (Å²) < 4.78 is 0. The van der Waals surface area contributed by atoms with Gasteiger partial charge in [-0.1, -0.05) is 0 Å². The first-order chi connectivity index (χ1) is 5.94. The van der Waals surface area contributed by atoms with E-state index in [1.807, 2.05) is 0 Å². The van der Waals surface area contributed by atoms with Gasteiger partial charge in [0.15, 0.2) is 0 Å². The molecule has 13 heavy (non-hydrogen) atoms. The number of carbonyl (C=O) groups is 1. The Hall–Kier alpha value is -0.650. The first-order valence-corrected chi connectivity index (χ1v) is 4.20. The maximum atomic E-state index is 11.3. The molecule has 0 heterocycles. The molecule has 0 fully saturated rings. The highest BCUT2D eigenvalue weighted by Gasteiger charge is 2.24. The van der Waals surface area contributed by atoms with Crippen LogP contribution in [0.1, 0.15) is 13.8 Å². The van der Waals surface area contributed by atoms with E-state index in [-0.39, 0.29) is 19.1 Å². The molecule has 5 nitrogen and oxygen atoms in total. The fraction of sp³-hybridized carbons (Fsp3) is 0.875. The number of hydrogen-bond acceptors (Lipinski definition) is 4. The molecule has 5 heteroatoms. The van der Waals surface area contributed by atoms with Crippen LogP contribution in [-0.4, -0.2) is 48.0 Å². The van der Waals surface area contributed by atoms with Crippen molar-refractivity contribution in [1.29, 1.82) is 0 Å². The van der Waals surface area contributed by atoms with Crippen LogP contribution in [-0.2, 0) is 4.79 Å². The Kier molecular flexibility index (Phi) is 4.90. The number of rotatable bonds is 5. The maximum absolute atomic E-state index is 11.3. The van der Waals surface area contributed by atoms with Gasteiger partial charge in [-0.2, -0.15) is 0 Å². The van der Waals surface area contributed by atoms with Crippen molar-refractivity contribution in [2.24, 2.45) is 0 Å². The Morgan fingerprint density at radius 2 is 2.08 bits per heavy atom. The highest BCUT2D eigenvalue weighted by molar-refractivity contribution is 5.85. The van der Waals surface area contributed by atoms with Gasteiger partial charge in [0.25, 0.3) is 0 Å². The molecule has 0 aliphatic rings. The van der Waals surface area contributed by atoms with E-state index in [4.69, 9.17) is 10.2 Å². The van der Waals surface area contributed by atoms with Crippen molar-refractivity contribution >= 4 is 5.91 Å². The zero-order valence-electron chi connectivity index (χ0n) is 8.29. The van der Waals surface area contributed by atoms with E-state index in [1.165, 1.54) is 0 Å². The topological polar surface area (TPSA) is 81.6 Å². The standard InChI is InChI=1S/C8H18N2O3/c1-8(2,9-3)7(13)10-4-6(12)5-11/h6,9,11-12H,4-5H2,1-3H3,(H,10,13). The summed E-state index contributed by atoms with van der Waals surface area (Å²) in [5.74, 6) is -0.206. The van der Waals surface area contributed by atoms with Gasteiger partial charge in [-0.25, -0.2) is 0 Å². The molecular weight excluding hydrogens is 172 g/mol. The van der Waals surface area contributed by atoms with Crippen molar-refractivity contribution in [2.75, 3.05) is 20.2 Å². The third-order valence-electron chi connectivity index (χ3n) is 1.90. The fourth-order valence-electron chi connectivity index (χ4n) is 0.610. The zero-order chi connectivity index (χ0) is 10.5. The molecule has 0 rings (SSSR count). The van der Waals surface area contributed by atoms with Gasteiger partial charge in [0.05, 0.1) is 18.2 Å². The SMILES string of the molecule is CNC(C)(C)C(=O)NCC(O)CO. The molecule has 0 aromatic carbocycles. The molecule has 0 bridgehead atoms. The highest BCUT2D eigenvalue weighted by Crippen LogP contribution is 1.99. The first-order valence-electron chi connectivity index (χ1n) is 4.20. The lowest BCUT2D eigenvalue weighted by atomic mass is 10.1. The quantitative estimate of drug-likeness (QED) is 0.423. The lowest BCUT2D eigenvalue weighted by Gasteiger charge is -2.23. The number of carbonyl (C=O) groups excluding carboxylic acids is 1. The van der Waals surface area contributed by atoms with Crippen molar-refractivity contribution in [3.05, 3.63) is 0 Å². The molecule has 0 saturated carbocycles. The number of hydrogen-bond donors (Lipinski definition) is 4. The zero-order valence-corrected chi connectivity index (χ0v) is 8.29. The molecule has 0 saturated heterocycles. The van der Waals surface area contributed by atoms with Gasteiger partial charge < -0.3 is 20.8 Å². The highest BCUT2D eigenvalue weighted by atomic mass is 16.3. The molecule has 0 aliphatic carbocycles. The lowest BCUT2D eigenvalue weighted by molar-refractivity contribution is -0.126. The number of aliphatic hydroxyl groups is 2. The van der Waals surface area contributed by atoms with Gasteiger partial charge in [0, 0.05) is 6.54 Å². The minimum Gasteiger partial charge on any atom is -0.394 e. The molecule has 0 aromatic heterocycles. The monoisotopic (exact) mass is 190 g/mol. The van der Waals surface area contributed by atoms with E-state index < -0.39 is 11.6 Å². The molecule has 4 N–H and O–H groups in total. The van der Waals surface area contributed by atoms with Gasteiger partial charge in [0.1, 0.15) is 0 Å². The first kappa shape index (κ1) is 12.3. The Morgan fingerprint density at radius 3 is 2.46 bits per heavy atom. The van der Waals surface area contributed by atoms with Crippen molar-refractivity contribution in [1.82, 2.24) is 10.6 Å². The Balaban J connectivity index is 3.88.